The summed E-state index contributed by atoms with van der Waals surface area (Å²) in [6.45, 7) is 13.2. The van der Waals surface area contributed by atoms with Crippen LogP contribution in [0.15, 0.2) is 25.3 Å². The smallest absolute Gasteiger partial charge is 0.312 e. The van der Waals surface area contributed by atoms with Crippen molar-refractivity contribution in [2.45, 2.75) is 88.9 Å². The maximum atomic E-state index is 14.1. The molecule has 0 radical (unpaired) electrons. The van der Waals surface area contributed by atoms with Crippen LogP contribution in [0.4, 0.5) is 0 Å². The predicted octanol–water partition coefficient (Wildman–Crippen LogP) is 3.24. The highest BCUT2D eigenvalue weighted by atomic mass is 16.6. The van der Waals surface area contributed by atoms with Gasteiger partial charge in [-0.15, -0.1) is 13.2 Å². The van der Waals surface area contributed by atoms with E-state index in [4.69, 9.17) is 9.47 Å². The molecule has 3 rings (SSSR count). The highest BCUT2D eigenvalue weighted by Crippen LogP contribution is 2.63. The summed E-state index contributed by atoms with van der Waals surface area (Å²) < 4.78 is 12.2. The van der Waals surface area contributed by atoms with Gasteiger partial charge in [0.15, 0.2) is 0 Å². The van der Waals surface area contributed by atoms with E-state index < -0.39 is 35.0 Å². The summed E-state index contributed by atoms with van der Waals surface area (Å²) in [6.07, 6.45) is 10.1. The van der Waals surface area contributed by atoms with Crippen molar-refractivity contribution in [2.75, 3.05) is 32.8 Å². The van der Waals surface area contributed by atoms with Crippen LogP contribution in [0.1, 0.15) is 71.6 Å². The quantitative estimate of drug-likeness (QED) is 0.197. The lowest BCUT2D eigenvalue weighted by molar-refractivity contribution is -0.160. The second-order valence-electron chi connectivity index (χ2n) is 10.6. The molecule has 1 N–H and O–H groups in total. The molecule has 8 nitrogen and oxygen atoms in total. The van der Waals surface area contributed by atoms with Crippen LogP contribution < -0.4 is 0 Å². The van der Waals surface area contributed by atoms with Crippen molar-refractivity contribution in [3.63, 3.8) is 0 Å². The SMILES string of the molecule is C=CCCOC(=O)[C@H]1[C@H]2C(=O)N(CCCCCO)C(C(=O)N(CC=C)CCCCC)C23CC[C@]1(C)O3. The van der Waals surface area contributed by atoms with Gasteiger partial charge in [0, 0.05) is 26.2 Å². The molecular formula is C28H44N2O6. The van der Waals surface area contributed by atoms with Gasteiger partial charge in [-0.2, -0.15) is 0 Å². The van der Waals surface area contributed by atoms with Crippen LogP contribution in [0.2, 0.25) is 0 Å². The van der Waals surface area contributed by atoms with Crippen molar-refractivity contribution in [3.05, 3.63) is 25.3 Å². The first-order valence-corrected chi connectivity index (χ1v) is 13.6. The fraction of sp³-hybridized carbons (Fsp3) is 0.750. The molecule has 1 spiro atoms. The fourth-order valence-corrected chi connectivity index (χ4v) is 6.38. The van der Waals surface area contributed by atoms with Gasteiger partial charge in [-0.1, -0.05) is 31.9 Å². The van der Waals surface area contributed by atoms with Crippen LogP contribution in [0.5, 0.6) is 0 Å². The summed E-state index contributed by atoms with van der Waals surface area (Å²) in [7, 11) is 0. The number of ether oxygens (including phenoxy) is 2. The van der Waals surface area contributed by atoms with Crippen molar-refractivity contribution in [1.82, 2.24) is 9.80 Å². The number of carbonyl (C=O) groups excluding carboxylic acids is 3. The van der Waals surface area contributed by atoms with E-state index in [0.717, 1.165) is 25.7 Å². The van der Waals surface area contributed by atoms with Crippen LogP contribution in [-0.4, -0.2) is 82.8 Å². The van der Waals surface area contributed by atoms with Gasteiger partial charge in [0.2, 0.25) is 11.8 Å². The predicted molar refractivity (Wildman–Crippen MR) is 137 cm³/mol. The van der Waals surface area contributed by atoms with Gasteiger partial charge in [-0.25, -0.2) is 0 Å². The third-order valence-electron chi connectivity index (χ3n) is 8.08. The summed E-state index contributed by atoms with van der Waals surface area (Å²) in [5.74, 6) is -2.24. The number of aliphatic hydroxyl groups excluding tert-OH is 1. The van der Waals surface area contributed by atoms with Gasteiger partial charge < -0.3 is 24.4 Å². The molecule has 0 aromatic rings. The van der Waals surface area contributed by atoms with Gasteiger partial charge >= 0.3 is 5.97 Å². The van der Waals surface area contributed by atoms with Crippen LogP contribution >= 0.6 is 0 Å². The van der Waals surface area contributed by atoms with E-state index in [1.165, 1.54) is 0 Å². The van der Waals surface area contributed by atoms with E-state index in [1.807, 2.05) is 6.92 Å². The van der Waals surface area contributed by atoms with E-state index in [-0.39, 0.29) is 25.0 Å². The Balaban J connectivity index is 1.94. The Bertz CT molecular complexity index is 831. The molecule has 202 valence electrons. The van der Waals surface area contributed by atoms with Crippen molar-refractivity contribution in [2.24, 2.45) is 11.8 Å². The minimum absolute atomic E-state index is 0.0908. The molecule has 2 unspecified atom stereocenters. The highest BCUT2D eigenvalue weighted by molar-refractivity contribution is 5.98. The van der Waals surface area contributed by atoms with Crippen LogP contribution in [0.25, 0.3) is 0 Å². The van der Waals surface area contributed by atoms with Gasteiger partial charge in [-0.3, -0.25) is 14.4 Å². The van der Waals surface area contributed by atoms with Crippen molar-refractivity contribution >= 4 is 17.8 Å². The lowest BCUT2D eigenvalue weighted by atomic mass is 9.66. The van der Waals surface area contributed by atoms with E-state index >= 15 is 0 Å². The Morgan fingerprint density at radius 3 is 2.64 bits per heavy atom. The number of fused-ring (bicyclic) bond motifs is 1. The number of unbranched alkanes of at least 4 members (excludes halogenated alkanes) is 4. The van der Waals surface area contributed by atoms with Crippen LogP contribution in [0.3, 0.4) is 0 Å². The van der Waals surface area contributed by atoms with E-state index in [2.05, 4.69) is 20.1 Å². The van der Waals surface area contributed by atoms with Gasteiger partial charge in [0.1, 0.15) is 17.6 Å². The third-order valence-corrected chi connectivity index (χ3v) is 8.08. The minimum Gasteiger partial charge on any atom is -0.465 e. The number of likely N-dealkylation sites (tertiary alicyclic amines) is 1. The molecule has 3 aliphatic rings. The van der Waals surface area contributed by atoms with E-state index in [9.17, 15) is 19.5 Å². The molecule has 0 aromatic carbocycles. The number of nitrogens with zero attached hydrogens (tertiary/aromatic N) is 2. The number of aliphatic hydroxyl groups is 1. The van der Waals surface area contributed by atoms with Crippen molar-refractivity contribution in [3.8, 4) is 0 Å². The topological polar surface area (TPSA) is 96.4 Å². The molecule has 3 heterocycles. The summed E-state index contributed by atoms with van der Waals surface area (Å²) >= 11 is 0. The maximum absolute atomic E-state index is 14.1. The molecule has 3 saturated heterocycles. The zero-order chi connectivity index (χ0) is 26.3. The summed E-state index contributed by atoms with van der Waals surface area (Å²) in [4.78, 5) is 44.8. The fourth-order valence-electron chi connectivity index (χ4n) is 6.38. The number of amides is 2. The average molecular weight is 505 g/mol. The second kappa shape index (κ2) is 12.4. The number of rotatable bonds is 16. The summed E-state index contributed by atoms with van der Waals surface area (Å²) in [5.41, 5.74) is -1.87. The zero-order valence-corrected chi connectivity index (χ0v) is 22.1. The first kappa shape index (κ1) is 28.4. The molecule has 2 bridgehead atoms. The maximum Gasteiger partial charge on any atom is 0.312 e. The first-order valence-electron chi connectivity index (χ1n) is 13.6. The normalized spacial score (nSPS) is 30.4. The molecule has 0 aromatic heterocycles. The minimum atomic E-state index is -1.04. The van der Waals surface area contributed by atoms with Crippen molar-refractivity contribution < 1.29 is 29.0 Å². The monoisotopic (exact) mass is 504 g/mol. The Hall–Kier alpha value is -2.19. The van der Waals surface area contributed by atoms with E-state index in [1.54, 1.807) is 22.0 Å². The lowest BCUT2D eigenvalue weighted by Crippen LogP contribution is -2.56. The average Bonchev–Trinajstić information content (AvgIpc) is 3.42. The molecule has 3 aliphatic heterocycles. The summed E-state index contributed by atoms with van der Waals surface area (Å²) in [6, 6.07) is -0.779. The van der Waals surface area contributed by atoms with Crippen molar-refractivity contribution in [1.29, 1.82) is 0 Å². The molecular weight excluding hydrogens is 460 g/mol. The molecule has 5 atom stereocenters. The Labute approximate surface area is 215 Å². The lowest BCUT2D eigenvalue weighted by Gasteiger charge is -2.37. The standard InChI is InChI=1S/C28H44N2O6/c1-5-8-11-17-29(16-7-3)25(33)23-28-15-14-27(4,36-28)22(26(34)35-20-9-6-2)21(28)24(32)30(23)18-12-10-13-19-31/h6-7,21-23,31H,2-3,5,8-20H2,1,4H3/t21-,22+,23?,27-,28?/m0/s1. The Morgan fingerprint density at radius 1 is 1.19 bits per heavy atom. The van der Waals surface area contributed by atoms with Gasteiger partial charge in [0.25, 0.3) is 0 Å². The number of esters is 1. The number of carbonyl (C=O) groups is 3. The first-order chi connectivity index (χ1) is 17.3. The third kappa shape index (κ3) is 5.25. The van der Waals surface area contributed by atoms with Gasteiger partial charge in [-0.05, 0) is 51.9 Å². The Morgan fingerprint density at radius 2 is 1.97 bits per heavy atom. The molecule has 2 amide bonds. The zero-order valence-electron chi connectivity index (χ0n) is 22.1. The number of hydrogen-bond donors (Lipinski definition) is 1. The molecule has 8 heteroatoms. The molecule has 0 saturated carbocycles. The van der Waals surface area contributed by atoms with Crippen LogP contribution in [0, 0.1) is 11.8 Å². The molecule has 36 heavy (non-hydrogen) atoms. The highest BCUT2D eigenvalue weighted by Gasteiger charge is 2.78. The molecule has 0 aliphatic carbocycles. The summed E-state index contributed by atoms with van der Waals surface area (Å²) in [5, 5.41) is 9.19. The molecule has 3 fully saturated rings. The van der Waals surface area contributed by atoms with Crippen LogP contribution in [-0.2, 0) is 23.9 Å². The van der Waals surface area contributed by atoms with E-state index in [0.29, 0.717) is 51.7 Å². The van der Waals surface area contributed by atoms with Gasteiger partial charge in [0.05, 0.1) is 18.1 Å². The largest absolute Gasteiger partial charge is 0.465 e. The second-order valence-corrected chi connectivity index (χ2v) is 10.6. The number of hydrogen-bond acceptors (Lipinski definition) is 6. The Kier molecular flexibility index (Phi) is 9.75.